The van der Waals surface area contributed by atoms with Gasteiger partial charge in [-0.3, -0.25) is 4.79 Å². The highest BCUT2D eigenvalue weighted by Gasteiger charge is 2.36. The lowest BCUT2D eigenvalue weighted by Gasteiger charge is -2.31. The fourth-order valence-corrected chi connectivity index (χ4v) is 6.20. The Morgan fingerprint density at radius 1 is 1.21 bits per heavy atom. The smallest absolute Gasteiger partial charge is 0.368 e. The summed E-state index contributed by atoms with van der Waals surface area (Å²) in [7, 11) is -4.09. The number of amides is 1. The highest BCUT2D eigenvalue weighted by Crippen LogP contribution is 2.43. The predicted molar refractivity (Wildman–Crippen MR) is 136 cm³/mol. The number of anilines is 3. The molecule has 3 aromatic rings. The van der Waals surface area contributed by atoms with Gasteiger partial charge in [0.1, 0.15) is 0 Å². The van der Waals surface area contributed by atoms with Crippen LogP contribution in [0.1, 0.15) is 30.9 Å². The van der Waals surface area contributed by atoms with Crippen molar-refractivity contribution < 1.29 is 26.4 Å². The lowest BCUT2D eigenvalue weighted by Crippen LogP contribution is -2.46. The fraction of sp³-hybridized carbons (Fsp3) is 0.348. The van der Waals surface area contributed by atoms with Gasteiger partial charge in [0.15, 0.2) is 0 Å². The van der Waals surface area contributed by atoms with Crippen LogP contribution in [0.15, 0.2) is 35.2 Å². The molecule has 0 unspecified atom stereocenters. The maximum Gasteiger partial charge on any atom is 0.417 e. The number of hydrogen-bond donors (Lipinski definition) is 4. The molecule has 15 heteroatoms. The van der Waals surface area contributed by atoms with Crippen LogP contribution in [0.5, 0.6) is 0 Å². The molecule has 0 bridgehead atoms. The Morgan fingerprint density at radius 3 is 2.47 bits per heavy atom. The molecular weight excluding hydrogens is 547 g/mol. The van der Waals surface area contributed by atoms with Crippen LogP contribution in [-0.4, -0.2) is 53.5 Å². The third kappa shape index (κ3) is 6.03. The van der Waals surface area contributed by atoms with E-state index in [1.807, 2.05) is 0 Å². The molecule has 1 aliphatic heterocycles. The molecule has 204 valence electrons. The van der Waals surface area contributed by atoms with Crippen molar-refractivity contribution in [2.75, 3.05) is 24.1 Å². The number of nitrogens with one attached hydrogen (secondary N) is 3. The van der Waals surface area contributed by atoms with Crippen molar-refractivity contribution in [3.63, 3.8) is 0 Å². The van der Waals surface area contributed by atoms with Gasteiger partial charge in [-0.25, -0.2) is 18.2 Å². The predicted octanol–water partition coefficient (Wildman–Crippen LogP) is 4.07. The Balaban J connectivity index is 1.69. The second-order valence-electron chi connectivity index (χ2n) is 8.93. The number of nitrogen functional groups attached to an aromatic ring is 1. The summed E-state index contributed by atoms with van der Waals surface area (Å²) in [5.74, 6) is -0.167. The summed E-state index contributed by atoms with van der Waals surface area (Å²) in [6.45, 7) is 3.82. The van der Waals surface area contributed by atoms with Gasteiger partial charge in [-0.2, -0.15) is 18.2 Å². The van der Waals surface area contributed by atoms with Gasteiger partial charge in [0.25, 0.3) is 0 Å². The normalized spacial score (nSPS) is 15.1. The number of carbonyl (C=O) groups excluding carboxylic acids is 1. The third-order valence-electron chi connectivity index (χ3n) is 6.18. The molecule has 2 heterocycles. The summed E-state index contributed by atoms with van der Waals surface area (Å²) >= 11 is 6.34. The maximum absolute atomic E-state index is 14.1. The molecule has 0 aliphatic carbocycles. The van der Waals surface area contributed by atoms with E-state index in [9.17, 15) is 26.4 Å². The van der Waals surface area contributed by atoms with E-state index in [2.05, 4.69) is 25.2 Å². The summed E-state index contributed by atoms with van der Waals surface area (Å²) in [6, 6.07) is 5.68. The van der Waals surface area contributed by atoms with Crippen molar-refractivity contribution in [2.24, 2.45) is 0 Å². The third-order valence-corrected chi connectivity index (χ3v) is 8.14. The van der Waals surface area contributed by atoms with E-state index in [4.69, 9.17) is 17.3 Å². The highest BCUT2D eigenvalue weighted by atomic mass is 35.5. The molecule has 0 radical (unpaired) electrons. The fourth-order valence-electron chi connectivity index (χ4n) is 4.30. The van der Waals surface area contributed by atoms with Gasteiger partial charge in [-0.15, -0.1) is 5.10 Å². The molecule has 1 saturated heterocycles. The van der Waals surface area contributed by atoms with Crippen LogP contribution in [0, 0.1) is 6.92 Å². The minimum Gasteiger partial charge on any atom is -0.368 e. The average molecular weight is 572 g/mol. The number of carbonyl (C=O) groups is 1. The number of rotatable bonds is 6. The number of sulfonamides is 1. The number of H-pyrrole nitrogens is 1. The van der Waals surface area contributed by atoms with Crippen molar-refractivity contribution in [1.82, 2.24) is 24.8 Å². The molecule has 38 heavy (non-hydrogen) atoms. The molecular formula is C23H25ClF3N7O3S. The number of nitrogens with two attached hydrogens (primary N) is 1. The minimum atomic E-state index is -4.82. The molecule has 0 atom stereocenters. The van der Waals surface area contributed by atoms with Gasteiger partial charge >= 0.3 is 6.18 Å². The lowest BCUT2D eigenvalue weighted by atomic mass is 9.97. The molecule has 4 rings (SSSR count). The molecule has 1 aliphatic rings. The van der Waals surface area contributed by atoms with Gasteiger partial charge in [0.05, 0.1) is 15.5 Å². The van der Waals surface area contributed by atoms with E-state index in [0.29, 0.717) is 31.5 Å². The SMILES string of the molecule is CC(=O)N1CCC(NS(=O)(=O)c2cc(-c3c(Cl)cc(Nc4n[nH]c(N)n4)cc3C(F)(F)F)ccc2C)CC1. The van der Waals surface area contributed by atoms with Gasteiger partial charge in [0, 0.05) is 37.3 Å². The summed E-state index contributed by atoms with van der Waals surface area (Å²) in [6.07, 6.45) is -3.97. The van der Waals surface area contributed by atoms with E-state index < -0.39 is 27.8 Å². The van der Waals surface area contributed by atoms with Crippen LogP contribution < -0.4 is 15.8 Å². The molecule has 1 fully saturated rings. The van der Waals surface area contributed by atoms with E-state index in [1.54, 1.807) is 11.8 Å². The Hall–Kier alpha value is -3.36. The van der Waals surface area contributed by atoms with E-state index in [0.717, 1.165) is 6.07 Å². The number of hydrogen-bond acceptors (Lipinski definition) is 7. The van der Waals surface area contributed by atoms with E-state index in [1.165, 1.54) is 31.2 Å². The highest BCUT2D eigenvalue weighted by molar-refractivity contribution is 7.89. The Morgan fingerprint density at radius 2 is 1.89 bits per heavy atom. The van der Waals surface area contributed by atoms with Gasteiger partial charge < -0.3 is 16.0 Å². The molecule has 10 nitrogen and oxygen atoms in total. The number of likely N-dealkylation sites (tertiary alicyclic amines) is 1. The van der Waals surface area contributed by atoms with Crippen molar-refractivity contribution in [1.29, 1.82) is 0 Å². The lowest BCUT2D eigenvalue weighted by molar-refractivity contribution is -0.137. The zero-order valence-corrected chi connectivity index (χ0v) is 21.9. The number of nitrogens with zero attached hydrogens (tertiary/aromatic N) is 3. The standard InChI is InChI=1S/C23H25ClF3N7O3S/c1-12-3-4-14(9-19(12)38(36,37)33-15-5-7-34(8-6-15)13(2)35)20-17(23(25,26)27)10-16(11-18(20)24)29-22-30-21(28)31-32-22/h3-4,9-11,15,33H,5-8H2,1-2H3,(H4,28,29,30,31,32). The first-order chi connectivity index (χ1) is 17.7. The molecule has 5 N–H and O–H groups in total. The number of benzene rings is 2. The second-order valence-corrected chi connectivity index (χ2v) is 11.0. The van der Waals surface area contributed by atoms with Crippen LogP contribution in [0.4, 0.5) is 30.8 Å². The summed E-state index contributed by atoms with van der Waals surface area (Å²) < 4.78 is 71.6. The first-order valence-electron chi connectivity index (χ1n) is 11.5. The van der Waals surface area contributed by atoms with Crippen molar-refractivity contribution >= 4 is 45.1 Å². The molecule has 1 aromatic heterocycles. The van der Waals surface area contributed by atoms with Gasteiger partial charge in [-0.1, -0.05) is 23.7 Å². The van der Waals surface area contributed by atoms with Crippen LogP contribution in [-0.2, 0) is 21.0 Å². The van der Waals surface area contributed by atoms with E-state index in [-0.39, 0.29) is 44.5 Å². The summed E-state index contributed by atoms with van der Waals surface area (Å²) in [5.41, 5.74) is 4.30. The van der Waals surface area contributed by atoms with Gasteiger partial charge in [-0.05, 0) is 49.1 Å². The Bertz CT molecular complexity index is 1470. The number of aromatic nitrogens is 3. The number of aromatic amines is 1. The Labute approximate surface area is 221 Å². The molecule has 0 saturated carbocycles. The minimum absolute atomic E-state index is 0.0200. The first-order valence-corrected chi connectivity index (χ1v) is 13.3. The summed E-state index contributed by atoms with van der Waals surface area (Å²) in [4.78, 5) is 16.8. The summed E-state index contributed by atoms with van der Waals surface area (Å²) in [5, 5.41) is 8.45. The van der Waals surface area contributed by atoms with Crippen molar-refractivity contribution in [2.45, 2.75) is 43.8 Å². The number of halogens is 4. The van der Waals surface area contributed by atoms with Crippen LogP contribution in [0.25, 0.3) is 11.1 Å². The maximum atomic E-state index is 14.1. The van der Waals surface area contributed by atoms with Crippen LogP contribution >= 0.6 is 11.6 Å². The topological polar surface area (TPSA) is 146 Å². The quantitative estimate of drug-likeness (QED) is 0.349. The zero-order valence-electron chi connectivity index (χ0n) is 20.4. The number of aryl methyl sites for hydroxylation is 1. The zero-order chi connectivity index (χ0) is 27.8. The van der Waals surface area contributed by atoms with Gasteiger partial charge in [0.2, 0.25) is 27.8 Å². The van der Waals surface area contributed by atoms with E-state index >= 15 is 0 Å². The molecule has 2 aromatic carbocycles. The Kier molecular flexibility index (Phi) is 7.59. The monoisotopic (exact) mass is 571 g/mol. The average Bonchev–Trinajstić information content (AvgIpc) is 3.23. The first kappa shape index (κ1) is 27.7. The number of piperidine rings is 1. The number of alkyl halides is 3. The van der Waals surface area contributed by atoms with Crippen LogP contribution in [0.2, 0.25) is 5.02 Å². The largest absolute Gasteiger partial charge is 0.417 e. The van der Waals surface area contributed by atoms with Crippen molar-refractivity contribution in [3.8, 4) is 11.1 Å². The van der Waals surface area contributed by atoms with Crippen molar-refractivity contribution in [3.05, 3.63) is 46.5 Å². The second kappa shape index (κ2) is 10.4. The molecule has 0 spiro atoms. The van der Waals surface area contributed by atoms with Crippen LogP contribution in [0.3, 0.4) is 0 Å². The molecule has 1 amide bonds.